The average molecular weight is 387 g/mol. The van der Waals surface area contributed by atoms with Crippen LogP contribution in [0.3, 0.4) is 0 Å². The lowest BCUT2D eigenvalue weighted by molar-refractivity contribution is -0.115. The third-order valence-electron chi connectivity index (χ3n) is 4.75. The maximum Gasteiger partial charge on any atom is 0.264 e. The Morgan fingerprint density at radius 3 is 2.61 bits per heavy atom. The minimum atomic E-state index is -0.101. The molecule has 0 aliphatic carbocycles. The summed E-state index contributed by atoms with van der Waals surface area (Å²) in [5, 5.41) is 5.80. The molecule has 0 aromatic heterocycles. The molecular weight excluding hydrogens is 364 g/mol. The number of unbranched alkanes of at least 4 members (excludes halogenated alkanes) is 1. The monoisotopic (exact) mass is 386 g/mol. The van der Waals surface area contributed by atoms with E-state index in [0.717, 1.165) is 28.4 Å². The number of benzene rings is 3. The highest BCUT2D eigenvalue weighted by atomic mass is 32.2. The summed E-state index contributed by atoms with van der Waals surface area (Å²) >= 11 is 1.39. The number of rotatable bonds is 5. The van der Waals surface area contributed by atoms with Crippen LogP contribution in [0.25, 0.3) is 16.8 Å². The van der Waals surface area contributed by atoms with E-state index in [1.165, 1.54) is 30.2 Å². The van der Waals surface area contributed by atoms with Gasteiger partial charge in [0, 0.05) is 0 Å². The van der Waals surface area contributed by atoms with Gasteiger partial charge in [-0.25, -0.2) is 4.99 Å². The zero-order valence-electron chi connectivity index (χ0n) is 15.8. The summed E-state index contributed by atoms with van der Waals surface area (Å²) in [7, 11) is 0. The topological polar surface area (TPSA) is 41.5 Å². The van der Waals surface area contributed by atoms with Gasteiger partial charge in [0.05, 0.1) is 10.6 Å². The molecule has 1 aliphatic rings. The van der Waals surface area contributed by atoms with E-state index >= 15 is 0 Å². The van der Waals surface area contributed by atoms with Crippen LogP contribution in [0.4, 0.5) is 5.69 Å². The summed E-state index contributed by atoms with van der Waals surface area (Å²) in [4.78, 5) is 17.7. The van der Waals surface area contributed by atoms with E-state index in [-0.39, 0.29) is 5.91 Å². The van der Waals surface area contributed by atoms with Crippen molar-refractivity contribution < 1.29 is 4.79 Å². The van der Waals surface area contributed by atoms with Crippen molar-refractivity contribution in [3.8, 4) is 0 Å². The SMILES string of the molecule is CCCCc1ccc(N=C2NC(=O)/C(=C\c3cccc4ccccc34)S2)cc1. The molecule has 0 atom stereocenters. The van der Waals surface area contributed by atoms with Crippen molar-refractivity contribution in [2.24, 2.45) is 4.99 Å². The van der Waals surface area contributed by atoms with Gasteiger partial charge in [0.2, 0.25) is 0 Å². The molecule has 28 heavy (non-hydrogen) atoms. The van der Waals surface area contributed by atoms with Crippen molar-refractivity contribution >= 4 is 45.4 Å². The Hall–Kier alpha value is -2.85. The second-order valence-electron chi connectivity index (χ2n) is 6.82. The van der Waals surface area contributed by atoms with Gasteiger partial charge in [0.25, 0.3) is 5.91 Å². The van der Waals surface area contributed by atoms with Crippen LogP contribution in [0.5, 0.6) is 0 Å². The van der Waals surface area contributed by atoms with Crippen molar-refractivity contribution in [2.75, 3.05) is 0 Å². The number of carbonyl (C=O) groups is 1. The molecule has 4 heteroatoms. The number of nitrogens with zero attached hydrogens (tertiary/aromatic N) is 1. The number of hydrogen-bond acceptors (Lipinski definition) is 3. The highest BCUT2D eigenvalue weighted by molar-refractivity contribution is 8.18. The summed E-state index contributed by atoms with van der Waals surface area (Å²) in [5.41, 5.74) is 3.22. The Balaban J connectivity index is 1.55. The number of aryl methyl sites for hydroxylation is 1. The molecule has 140 valence electrons. The number of nitrogens with one attached hydrogen (secondary N) is 1. The van der Waals surface area contributed by atoms with Gasteiger partial charge in [-0.3, -0.25) is 4.79 Å². The quantitative estimate of drug-likeness (QED) is 0.540. The van der Waals surface area contributed by atoms with Crippen LogP contribution in [-0.2, 0) is 11.2 Å². The molecule has 3 aromatic carbocycles. The molecule has 3 nitrogen and oxygen atoms in total. The van der Waals surface area contributed by atoms with Gasteiger partial charge in [0.1, 0.15) is 0 Å². The molecule has 1 N–H and O–H groups in total. The van der Waals surface area contributed by atoms with Crippen molar-refractivity contribution in [2.45, 2.75) is 26.2 Å². The number of amides is 1. The van der Waals surface area contributed by atoms with E-state index in [1.54, 1.807) is 0 Å². The third kappa shape index (κ3) is 4.18. The number of thioether (sulfide) groups is 1. The Morgan fingerprint density at radius 2 is 1.79 bits per heavy atom. The predicted octanol–water partition coefficient (Wildman–Crippen LogP) is 6.07. The Bertz CT molecular complexity index is 1060. The molecule has 1 amide bonds. The van der Waals surface area contributed by atoms with E-state index in [4.69, 9.17) is 0 Å². The fourth-order valence-corrected chi connectivity index (χ4v) is 4.07. The molecule has 4 rings (SSSR count). The summed E-state index contributed by atoms with van der Waals surface area (Å²) < 4.78 is 0. The van der Waals surface area contributed by atoms with Crippen LogP contribution in [0.15, 0.2) is 76.6 Å². The lowest BCUT2D eigenvalue weighted by Gasteiger charge is -2.02. The lowest BCUT2D eigenvalue weighted by Crippen LogP contribution is -2.19. The van der Waals surface area contributed by atoms with Gasteiger partial charge >= 0.3 is 0 Å². The maximum atomic E-state index is 12.4. The fraction of sp³-hybridized carbons (Fsp3) is 0.167. The minimum absolute atomic E-state index is 0.101. The van der Waals surface area contributed by atoms with Crippen LogP contribution in [-0.4, -0.2) is 11.1 Å². The highest BCUT2D eigenvalue weighted by Crippen LogP contribution is 2.30. The van der Waals surface area contributed by atoms with E-state index in [0.29, 0.717) is 10.1 Å². The zero-order valence-corrected chi connectivity index (χ0v) is 16.6. The Morgan fingerprint density at radius 1 is 1.00 bits per heavy atom. The normalized spacial score (nSPS) is 16.8. The van der Waals surface area contributed by atoms with Gasteiger partial charge in [-0.15, -0.1) is 0 Å². The minimum Gasteiger partial charge on any atom is -0.300 e. The largest absolute Gasteiger partial charge is 0.300 e. The second kappa shape index (κ2) is 8.44. The molecule has 0 saturated carbocycles. The second-order valence-corrected chi connectivity index (χ2v) is 7.85. The van der Waals surface area contributed by atoms with Gasteiger partial charge in [-0.05, 0) is 64.7 Å². The van der Waals surface area contributed by atoms with Crippen molar-refractivity contribution in [1.82, 2.24) is 5.32 Å². The Kier molecular flexibility index (Phi) is 5.58. The molecule has 3 aromatic rings. The smallest absolute Gasteiger partial charge is 0.264 e. The predicted molar refractivity (Wildman–Crippen MR) is 120 cm³/mol. The molecule has 1 saturated heterocycles. The van der Waals surface area contributed by atoms with Crippen LogP contribution >= 0.6 is 11.8 Å². The molecule has 0 spiro atoms. The zero-order chi connectivity index (χ0) is 19.3. The number of fused-ring (bicyclic) bond motifs is 1. The standard InChI is InChI=1S/C24H22N2OS/c1-2-3-7-17-12-14-20(15-13-17)25-24-26-23(27)22(28-24)16-19-10-6-9-18-8-4-5-11-21(18)19/h4-6,8-16H,2-3,7H2,1H3,(H,25,26,27)/b22-16+. The van der Waals surface area contributed by atoms with Gasteiger partial charge in [-0.2, -0.15) is 0 Å². The van der Waals surface area contributed by atoms with Crippen LogP contribution in [0.2, 0.25) is 0 Å². The van der Waals surface area contributed by atoms with E-state index in [9.17, 15) is 4.79 Å². The van der Waals surface area contributed by atoms with E-state index in [2.05, 4.69) is 47.6 Å². The number of carbonyl (C=O) groups excluding carboxylic acids is 1. The summed E-state index contributed by atoms with van der Waals surface area (Å²) in [6, 6.07) is 22.6. The molecule has 0 bridgehead atoms. The molecule has 1 fully saturated rings. The third-order valence-corrected chi connectivity index (χ3v) is 5.66. The van der Waals surface area contributed by atoms with Crippen molar-refractivity contribution in [1.29, 1.82) is 0 Å². The molecule has 1 heterocycles. The molecule has 0 unspecified atom stereocenters. The number of hydrogen-bond donors (Lipinski definition) is 1. The van der Waals surface area contributed by atoms with E-state index in [1.807, 2.05) is 42.5 Å². The first kappa shape index (κ1) is 18.5. The summed E-state index contributed by atoms with van der Waals surface area (Å²) in [6.07, 6.45) is 5.43. The maximum absolute atomic E-state index is 12.4. The molecule has 0 radical (unpaired) electrons. The van der Waals surface area contributed by atoms with Crippen LogP contribution in [0, 0.1) is 0 Å². The van der Waals surface area contributed by atoms with Gasteiger partial charge in [-0.1, -0.05) is 67.9 Å². The first-order valence-corrected chi connectivity index (χ1v) is 10.4. The summed E-state index contributed by atoms with van der Waals surface area (Å²) in [5.74, 6) is -0.101. The van der Waals surface area contributed by atoms with Gasteiger partial charge in [0.15, 0.2) is 5.17 Å². The average Bonchev–Trinajstić information content (AvgIpc) is 3.06. The Labute approximate surface area is 169 Å². The summed E-state index contributed by atoms with van der Waals surface area (Å²) in [6.45, 7) is 2.20. The van der Waals surface area contributed by atoms with Crippen molar-refractivity contribution in [3.63, 3.8) is 0 Å². The fourth-order valence-electron chi connectivity index (χ4n) is 3.23. The lowest BCUT2D eigenvalue weighted by atomic mass is 10.0. The number of aliphatic imine (C=N–C) groups is 1. The van der Waals surface area contributed by atoms with E-state index < -0.39 is 0 Å². The van der Waals surface area contributed by atoms with Gasteiger partial charge < -0.3 is 5.32 Å². The van der Waals surface area contributed by atoms with Crippen molar-refractivity contribution in [3.05, 3.63) is 82.8 Å². The van der Waals surface area contributed by atoms with Crippen LogP contribution < -0.4 is 5.32 Å². The van der Waals surface area contributed by atoms with Crippen LogP contribution in [0.1, 0.15) is 30.9 Å². The molecule has 1 aliphatic heterocycles. The molecular formula is C24H22N2OS. The number of amidine groups is 1. The highest BCUT2D eigenvalue weighted by Gasteiger charge is 2.24. The first-order chi connectivity index (χ1) is 13.7. The first-order valence-electron chi connectivity index (χ1n) is 9.59.